The average Bonchev–Trinajstić information content (AvgIpc) is 2.68. The SMILES string of the molecule is CN=C(NCCc1ccccn1)N1CCN(c2cc(F)ccc2F)CC1. The highest BCUT2D eigenvalue weighted by Gasteiger charge is 2.21. The van der Waals surface area contributed by atoms with Crippen molar-refractivity contribution in [1.82, 2.24) is 15.2 Å². The fourth-order valence-electron chi connectivity index (χ4n) is 3.07. The van der Waals surface area contributed by atoms with Crippen LogP contribution in [0.25, 0.3) is 0 Å². The molecule has 138 valence electrons. The monoisotopic (exact) mass is 359 g/mol. The third-order valence-corrected chi connectivity index (χ3v) is 4.43. The maximum absolute atomic E-state index is 13.9. The smallest absolute Gasteiger partial charge is 0.193 e. The van der Waals surface area contributed by atoms with Crippen LogP contribution in [0.1, 0.15) is 5.69 Å². The lowest BCUT2D eigenvalue weighted by atomic mass is 10.2. The van der Waals surface area contributed by atoms with Gasteiger partial charge in [0.1, 0.15) is 11.6 Å². The van der Waals surface area contributed by atoms with E-state index in [4.69, 9.17) is 0 Å². The number of hydrogen-bond acceptors (Lipinski definition) is 3. The van der Waals surface area contributed by atoms with Gasteiger partial charge in [-0.1, -0.05) is 6.07 Å². The van der Waals surface area contributed by atoms with Crippen molar-refractivity contribution < 1.29 is 8.78 Å². The van der Waals surface area contributed by atoms with E-state index in [9.17, 15) is 8.78 Å². The first kappa shape index (κ1) is 18.1. The van der Waals surface area contributed by atoms with E-state index in [1.54, 1.807) is 13.2 Å². The number of nitrogens with one attached hydrogen (secondary N) is 1. The van der Waals surface area contributed by atoms with Gasteiger partial charge in [0.2, 0.25) is 0 Å². The number of aliphatic imine (C=N–C) groups is 1. The Kier molecular flexibility index (Phi) is 5.99. The minimum Gasteiger partial charge on any atom is -0.366 e. The first-order valence-electron chi connectivity index (χ1n) is 8.73. The van der Waals surface area contributed by atoms with Crippen molar-refractivity contribution in [2.45, 2.75) is 6.42 Å². The van der Waals surface area contributed by atoms with Crippen LogP contribution in [-0.2, 0) is 6.42 Å². The van der Waals surface area contributed by atoms with Crippen molar-refractivity contribution in [3.8, 4) is 0 Å². The second kappa shape index (κ2) is 8.60. The fourth-order valence-corrected chi connectivity index (χ4v) is 3.07. The van der Waals surface area contributed by atoms with Crippen molar-refractivity contribution in [2.24, 2.45) is 4.99 Å². The molecule has 0 unspecified atom stereocenters. The number of guanidine groups is 1. The molecule has 0 aliphatic carbocycles. The Morgan fingerprint density at radius 1 is 1.15 bits per heavy atom. The zero-order chi connectivity index (χ0) is 18.4. The van der Waals surface area contributed by atoms with Crippen molar-refractivity contribution in [3.63, 3.8) is 0 Å². The molecule has 2 aromatic rings. The molecule has 0 radical (unpaired) electrons. The van der Waals surface area contributed by atoms with Gasteiger partial charge in [-0.15, -0.1) is 0 Å². The van der Waals surface area contributed by atoms with E-state index in [2.05, 4.69) is 20.2 Å². The summed E-state index contributed by atoms with van der Waals surface area (Å²) in [6.07, 6.45) is 2.60. The van der Waals surface area contributed by atoms with Crippen molar-refractivity contribution >= 4 is 11.6 Å². The third-order valence-electron chi connectivity index (χ3n) is 4.43. The number of nitrogens with zero attached hydrogens (tertiary/aromatic N) is 4. The van der Waals surface area contributed by atoms with Crippen LogP contribution >= 0.6 is 0 Å². The quantitative estimate of drug-likeness (QED) is 0.672. The van der Waals surface area contributed by atoms with Crippen LogP contribution in [0.4, 0.5) is 14.5 Å². The maximum Gasteiger partial charge on any atom is 0.193 e. The Balaban J connectivity index is 1.52. The molecular formula is C19H23F2N5. The van der Waals surface area contributed by atoms with E-state index in [-0.39, 0.29) is 0 Å². The van der Waals surface area contributed by atoms with Gasteiger partial charge in [-0.2, -0.15) is 0 Å². The first-order chi connectivity index (χ1) is 12.7. The summed E-state index contributed by atoms with van der Waals surface area (Å²) in [7, 11) is 1.75. The van der Waals surface area contributed by atoms with E-state index in [0.717, 1.165) is 30.7 Å². The Hall–Kier alpha value is -2.70. The summed E-state index contributed by atoms with van der Waals surface area (Å²) < 4.78 is 27.3. The highest BCUT2D eigenvalue weighted by Crippen LogP contribution is 2.21. The van der Waals surface area contributed by atoms with Crippen molar-refractivity contribution in [2.75, 3.05) is 44.7 Å². The van der Waals surface area contributed by atoms with Gasteiger partial charge in [0.05, 0.1) is 5.69 Å². The summed E-state index contributed by atoms with van der Waals surface area (Å²) in [6, 6.07) is 9.44. The third kappa shape index (κ3) is 4.47. The molecule has 1 N–H and O–H groups in total. The average molecular weight is 359 g/mol. The van der Waals surface area contributed by atoms with Crippen LogP contribution in [0, 0.1) is 11.6 Å². The molecule has 1 aromatic heterocycles. The number of anilines is 1. The highest BCUT2D eigenvalue weighted by molar-refractivity contribution is 5.80. The normalized spacial score (nSPS) is 15.3. The number of aromatic nitrogens is 1. The first-order valence-corrected chi connectivity index (χ1v) is 8.73. The molecule has 1 aliphatic rings. The van der Waals surface area contributed by atoms with Crippen LogP contribution in [0.2, 0.25) is 0 Å². The summed E-state index contributed by atoms with van der Waals surface area (Å²) >= 11 is 0. The van der Waals surface area contributed by atoms with Gasteiger partial charge in [0.25, 0.3) is 0 Å². The molecule has 0 spiro atoms. The predicted molar refractivity (Wildman–Crippen MR) is 99.4 cm³/mol. The molecule has 0 amide bonds. The molecule has 7 heteroatoms. The van der Waals surface area contributed by atoms with Crippen LogP contribution in [0.5, 0.6) is 0 Å². The number of rotatable bonds is 4. The number of hydrogen-bond donors (Lipinski definition) is 1. The van der Waals surface area contributed by atoms with Gasteiger partial charge < -0.3 is 15.1 Å². The summed E-state index contributed by atoms with van der Waals surface area (Å²) in [5.41, 5.74) is 1.35. The molecule has 1 fully saturated rings. The van der Waals surface area contributed by atoms with Crippen molar-refractivity contribution in [1.29, 1.82) is 0 Å². The van der Waals surface area contributed by atoms with E-state index in [1.807, 2.05) is 23.1 Å². The Bertz CT molecular complexity index is 743. The molecule has 1 saturated heterocycles. The summed E-state index contributed by atoms with van der Waals surface area (Å²) in [6.45, 7) is 3.35. The number of benzene rings is 1. The fraction of sp³-hybridized carbons (Fsp3) is 0.368. The summed E-state index contributed by atoms with van der Waals surface area (Å²) in [5, 5.41) is 3.35. The van der Waals surface area contributed by atoms with Gasteiger partial charge in [-0.25, -0.2) is 8.78 Å². The largest absolute Gasteiger partial charge is 0.366 e. The second-order valence-electron chi connectivity index (χ2n) is 6.11. The zero-order valence-electron chi connectivity index (χ0n) is 14.8. The van der Waals surface area contributed by atoms with Crippen LogP contribution < -0.4 is 10.2 Å². The van der Waals surface area contributed by atoms with Crippen LogP contribution in [-0.4, -0.2) is 55.6 Å². The van der Waals surface area contributed by atoms with Gasteiger partial charge in [-0.3, -0.25) is 9.98 Å². The topological polar surface area (TPSA) is 43.8 Å². The number of halogens is 2. The molecule has 1 aliphatic heterocycles. The number of pyridine rings is 1. The molecule has 26 heavy (non-hydrogen) atoms. The van der Waals surface area contributed by atoms with E-state index in [1.165, 1.54) is 12.1 Å². The Labute approximate surface area is 152 Å². The molecule has 2 heterocycles. The summed E-state index contributed by atoms with van der Waals surface area (Å²) in [5.74, 6) is 0.00819. The molecule has 0 atom stereocenters. The van der Waals surface area contributed by atoms with Gasteiger partial charge in [0.15, 0.2) is 5.96 Å². The maximum atomic E-state index is 13.9. The molecule has 0 saturated carbocycles. The van der Waals surface area contributed by atoms with Crippen LogP contribution in [0.3, 0.4) is 0 Å². The van der Waals surface area contributed by atoms with E-state index in [0.29, 0.717) is 31.9 Å². The lowest BCUT2D eigenvalue weighted by Crippen LogP contribution is -2.53. The standard InChI is InChI=1S/C19H23F2N5/c1-22-19(24-9-7-16-4-2-3-8-23-16)26-12-10-25(11-13-26)18-14-15(20)5-6-17(18)21/h2-6,8,14H,7,9-13H2,1H3,(H,22,24). The second-order valence-corrected chi connectivity index (χ2v) is 6.11. The Morgan fingerprint density at radius 2 is 1.96 bits per heavy atom. The summed E-state index contributed by atoms with van der Waals surface area (Å²) in [4.78, 5) is 12.6. The minimum atomic E-state index is -0.421. The zero-order valence-corrected chi connectivity index (χ0v) is 14.8. The van der Waals surface area contributed by atoms with E-state index >= 15 is 0 Å². The molecule has 0 bridgehead atoms. The minimum absolute atomic E-state index is 0.322. The van der Waals surface area contributed by atoms with Gasteiger partial charge in [0, 0.05) is 64.1 Å². The lowest BCUT2D eigenvalue weighted by molar-refractivity contribution is 0.371. The van der Waals surface area contributed by atoms with E-state index < -0.39 is 11.6 Å². The van der Waals surface area contributed by atoms with Gasteiger partial charge >= 0.3 is 0 Å². The lowest BCUT2D eigenvalue weighted by Gasteiger charge is -2.37. The Morgan fingerprint density at radius 3 is 2.65 bits per heavy atom. The molecule has 5 nitrogen and oxygen atoms in total. The molecular weight excluding hydrogens is 336 g/mol. The van der Waals surface area contributed by atoms with Crippen molar-refractivity contribution in [3.05, 3.63) is 59.9 Å². The number of piperazine rings is 1. The predicted octanol–water partition coefficient (Wildman–Crippen LogP) is 2.30. The molecule has 1 aromatic carbocycles. The molecule has 3 rings (SSSR count). The van der Waals surface area contributed by atoms with Crippen LogP contribution in [0.15, 0.2) is 47.6 Å². The highest BCUT2D eigenvalue weighted by atomic mass is 19.1. The van der Waals surface area contributed by atoms with Gasteiger partial charge in [-0.05, 0) is 24.3 Å².